The topological polar surface area (TPSA) is 105 Å². The van der Waals surface area contributed by atoms with Gasteiger partial charge in [-0.15, -0.1) is 16.4 Å². The van der Waals surface area contributed by atoms with Gasteiger partial charge in [-0.2, -0.15) is 4.31 Å². The number of amides is 1. The number of thiophene rings is 1. The highest BCUT2D eigenvalue weighted by Gasteiger charge is 2.40. The van der Waals surface area contributed by atoms with E-state index in [-0.39, 0.29) is 16.8 Å². The van der Waals surface area contributed by atoms with Gasteiger partial charge in [0.15, 0.2) is 0 Å². The van der Waals surface area contributed by atoms with Crippen LogP contribution < -0.4 is 5.32 Å². The molecule has 0 spiro atoms. The predicted octanol–water partition coefficient (Wildman–Crippen LogP) is 3.73. The third-order valence-electron chi connectivity index (χ3n) is 5.10. The zero-order chi connectivity index (χ0) is 22.0. The van der Waals surface area contributed by atoms with E-state index in [1.54, 1.807) is 0 Å². The number of benzene rings is 1. The fourth-order valence-corrected chi connectivity index (χ4v) is 6.74. The average Bonchev–Trinajstić information content (AvgIpc) is 3.50. The number of carbonyl (C=O) groups is 1. The molecule has 1 aliphatic rings. The van der Waals surface area contributed by atoms with Gasteiger partial charge in [0.25, 0.3) is 10.0 Å². The molecule has 1 saturated heterocycles. The van der Waals surface area contributed by atoms with Crippen LogP contribution >= 0.6 is 22.9 Å². The maximum atomic E-state index is 12.9. The molecule has 1 unspecified atom stereocenters. The van der Waals surface area contributed by atoms with Gasteiger partial charge < -0.3 is 4.42 Å². The summed E-state index contributed by atoms with van der Waals surface area (Å²) in [6, 6.07) is 10.2. The van der Waals surface area contributed by atoms with Crippen molar-refractivity contribution in [3.8, 4) is 0 Å². The van der Waals surface area contributed by atoms with E-state index in [0.29, 0.717) is 29.5 Å². The molecular formula is C20H21ClN4O4S2. The predicted molar refractivity (Wildman–Crippen MR) is 118 cm³/mol. The minimum atomic E-state index is -3.81. The summed E-state index contributed by atoms with van der Waals surface area (Å²) < 4.78 is 33.1. The minimum absolute atomic E-state index is 0.0476. The molecule has 164 valence electrons. The van der Waals surface area contributed by atoms with Crippen molar-refractivity contribution in [1.82, 2.24) is 14.5 Å². The van der Waals surface area contributed by atoms with E-state index in [1.807, 2.05) is 24.3 Å². The van der Waals surface area contributed by atoms with E-state index in [0.717, 1.165) is 23.3 Å². The Hall–Kier alpha value is -2.27. The highest BCUT2D eigenvalue weighted by atomic mass is 35.5. The number of nitrogens with zero attached hydrogens (tertiary/aromatic N) is 3. The lowest BCUT2D eigenvalue weighted by Crippen LogP contribution is -2.42. The second-order valence-corrected chi connectivity index (χ2v) is 11.0. The normalized spacial score (nSPS) is 17.2. The molecule has 1 fully saturated rings. The third kappa shape index (κ3) is 4.82. The molecule has 1 amide bonds. The highest BCUT2D eigenvalue weighted by molar-refractivity contribution is 7.91. The van der Waals surface area contributed by atoms with E-state index < -0.39 is 22.0 Å². The van der Waals surface area contributed by atoms with Crippen molar-refractivity contribution in [3.63, 3.8) is 0 Å². The Kier molecular flexibility index (Phi) is 6.42. The van der Waals surface area contributed by atoms with Crippen molar-refractivity contribution in [2.24, 2.45) is 0 Å². The quantitative estimate of drug-likeness (QED) is 0.552. The summed E-state index contributed by atoms with van der Waals surface area (Å²) in [6.45, 7) is 2.35. The molecule has 2 aromatic heterocycles. The molecule has 3 aromatic rings. The Labute approximate surface area is 189 Å². The van der Waals surface area contributed by atoms with Gasteiger partial charge in [0.05, 0.1) is 10.8 Å². The van der Waals surface area contributed by atoms with E-state index >= 15 is 0 Å². The SMILES string of the molecule is CCc1ccc(Cc2nnc(NC(=O)C3CCCN3S(=O)(=O)c3ccc(Cl)s3)o2)cc1. The zero-order valence-electron chi connectivity index (χ0n) is 16.7. The number of halogens is 1. The van der Waals surface area contributed by atoms with Crippen LogP contribution in [-0.2, 0) is 27.7 Å². The zero-order valence-corrected chi connectivity index (χ0v) is 19.1. The lowest BCUT2D eigenvalue weighted by atomic mass is 10.1. The summed E-state index contributed by atoms with van der Waals surface area (Å²) in [7, 11) is -3.81. The van der Waals surface area contributed by atoms with Crippen molar-refractivity contribution in [2.75, 3.05) is 11.9 Å². The Morgan fingerprint density at radius 2 is 1.97 bits per heavy atom. The first-order valence-corrected chi connectivity index (χ1v) is 12.5. The monoisotopic (exact) mass is 480 g/mol. The van der Waals surface area contributed by atoms with Crippen LogP contribution in [0.4, 0.5) is 6.01 Å². The molecule has 31 heavy (non-hydrogen) atoms. The minimum Gasteiger partial charge on any atom is -0.407 e. The summed E-state index contributed by atoms with van der Waals surface area (Å²) in [5, 5.41) is 10.4. The summed E-state index contributed by atoms with van der Waals surface area (Å²) >= 11 is 6.85. The summed E-state index contributed by atoms with van der Waals surface area (Å²) in [5.74, 6) is -0.130. The Balaban J connectivity index is 1.43. The van der Waals surface area contributed by atoms with Crippen LogP contribution in [0.1, 0.15) is 36.8 Å². The van der Waals surface area contributed by atoms with Gasteiger partial charge >= 0.3 is 6.01 Å². The molecule has 0 saturated carbocycles. The Morgan fingerprint density at radius 3 is 2.65 bits per heavy atom. The second kappa shape index (κ2) is 9.07. The fraction of sp³-hybridized carbons (Fsp3) is 0.350. The standard InChI is InChI=1S/C20H21ClN4O4S2/c1-2-13-5-7-14(8-6-13)12-17-23-24-20(29-17)22-19(26)15-4-3-11-25(15)31(27,28)18-10-9-16(21)30-18/h5-10,15H,2-4,11-12H2,1H3,(H,22,24,26). The van der Waals surface area contributed by atoms with Crippen molar-refractivity contribution >= 4 is 44.9 Å². The Bertz CT molecular complexity index is 1170. The molecule has 0 bridgehead atoms. The number of hydrogen-bond acceptors (Lipinski definition) is 7. The molecule has 1 aromatic carbocycles. The van der Waals surface area contributed by atoms with Crippen molar-refractivity contribution in [1.29, 1.82) is 0 Å². The van der Waals surface area contributed by atoms with Crippen LogP contribution in [0.2, 0.25) is 4.34 Å². The molecule has 1 aliphatic heterocycles. The first kappa shape index (κ1) is 21.9. The van der Waals surface area contributed by atoms with Gasteiger partial charge in [0.2, 0.25) is 11.8 Å². The number of hydrogen-bond donors (Lipinski definition) is 1. The van der Waals surface area contributed by atoms with Gasteiger partial charge in [0.1, 0.15) is 10.3 Å². The van der Waals surface area contributed by atoms with E-state index in [1.165, 1.54) is 22.0 Å². The van der Waals surface area contributed by atoms with Crippen LogP contribution in [-0.4, -0.2) is 41.4 Å². The molecular weight excluding hydrogens is 460 g/mol. The molecule has 8 nitrogen and oxygen atoms in total. The molecule has 1 atom stereocenters. The summed E-state index contributed by atoms with van der Waals surface area (Å²) in [5.41, 5.74) is 2.25. The molecule has 0 radical (unpaired) electrons. The van der Waals surface area contributed by atoms with E-state index in [2.05, 4.69) is 22.4 Å². The summed E-state index contributed by atoms with van der Waals surface area (Å²) in [4.78, 5) is 12.8. The number of carbonyl (C=O) groups excluding carboxylic acids is 1. The molecule has 3 heterocycles. The van der Waals surface area contributed by atoms with Gasteiger partial charge in [-0.3, -0.25) is 10.1 Å². The lowest BCUT2D eigenvalue weighted by Gasteiger charge is -2.21. The maximum absolute atomic E-state index is 12.9. The summed E-state index contributed by atoms with van der Waals surface area (Å²) in [6.07, 6.45) is 2.40. The van der Waals surface area contributed by atoms with Gasteiger partial charge in [-0.25, -0.2) is 8.42 Å². The van der Waals surface area contributed by atoms with Crippen LogP contribution in [0, 0.1) is 0 Å². The number of rotatable bonds is 7. The Morgan fingerprint density at radius 1 is 1.23 bits per heavy atom. The van der Waals surface area contributed by atoms with Gasteiger partial charge in [-0.05, 0) is 42.5 Å². The third-order valence-corrected chi connectivity index (χ3v) is 8.71. The first-order valence-electron chi connectivity index (χ1n) is 9.85. The number of anilines is 1. The second-order valence-electron chi connectivity index (χ2n) is 7.17. The number of aryl methyl sites for hydroxylation is 1. The molecule has 4 rings (SSSR count). The smallest absolute Gasteiger partial charge is 0.322 e. The van der Waals surface area contributed by atoms with E-state index in [9.17, 15) is 13.2 Å². The van der Waals surface area contributed by atoms with Gasteiger partial charge in [-0.1, -0.05) is 47.9 Å². The van der Waals surface area contributed by atoms with Crippen LogP contribution in [0.15, 0.2) is 45.0 Å². The van der Waals surface area contributed by atoms with Gasteiger partial charge in [0, 0.05) is 6.54 Å². The van der Waals surface area contributed by atoms with Crippen molar-refractivity contribution in [3.05, 3.63) is 57.8 Å². The highest BCUT2D eigenvalue weighted by Crippen LogP contribution is 2.32. The average molecular weight is 481 g/mol. The molecule has 1 N–H and O–H groups in total. The first-order chi connectivity index (χ1) is 14.9. The number of nitrogens with one attached hydrogen (secondary N) is 1. The van der Waals surface area contributed by atoms with Crippen LogP contribution in [0.3, 0.4) is 0 Å². The maximum Gasteiger partial charge on any atom is 0.322 e. The van der Waals surface area contributed by atoms with Crippen LogP contribution in [0.5, 0.6) is 0 Å². The fourth-order valence-electron chi connectivity index (χ4n) is 3.47. The molecule has 11 heteroatoms. The van der Waals surface area contributed by atoms with Crippen molar-refractivity contribution < 1.29 is 17.6 Å². The van der Waals surface area contributed by atoms with E-state index in [4.69, 9.17) is 16.0 Å². The van der Waals surface area contributed by atoms with Crippen molar-refractivity contribution in [2.45, 2.75) is 42.9 Å². The molecule has 0 aliphatic carbocycles. The number of aromatic nitrogens is 2. The van der Waals surface area contributed by atoms with Crippen LogP contribution in [0.25, 0.3) is 0 Å². The number of sulfonamides is 1. The lowest BCUT2D eigenvalue weighted by molar-refractivity contribution is -0.119. The largest absolute Gasteiger partial charge is 0.407 e.